The van der Waals surface area contributed by atoms with Crippen LogP contribution in [-0.4, -0.2) is 39.3 Å². The van der Waals surface area contributed by atoms with Crippen LogP contribution in [0.3, 0.4) is 0 Å². The average molecular weight is 275 g/mol. The molecule has 1 amide bonds. The molecule has 0 aromatic heterocycles. The lowest BCUT2D eigenvalue weighted by Crippen LogP contribution is -2.33. The van der Waals surface area contributed by atoms with Gasteiger partial charge < -0.3 is 15.4 Å². The summed E-state index contributed by atoms with van der Waals surface area (Å²) in [6.07, 6.45) is 0. The molecule has 0 spiro atoms. The van der Waals surface area contributed by atoms with Crippen molar-refractivity contribution in [1.82, 2.24) is 10.6 Å². The summed E-state index contributed by atoms with van der Waals surface area (Å²) < 4.78 is 18.3. The summed E-state index contributed by atoms with van der Waals surface area (Å²) in [5, 5.41) is 5.76. The zero-order valence-electron chi connectivity index (χ0n) is 10.1. The maximum Gasteiger partial charge on any atom is 0.255 e. The van der Waals surface area contributed by atoms with E-state index in [2.05, 4.69) is 10.6 Å². The monoisotopic (exact) mass is 274 g/mol. The summed E-state index contributed by atoms with van der Waals surface area (Å²) in [6, 6.07) is 4.15. The van der Waals surface area contributed by atoms with Crippen molar-refractivity contribution in [3.05, 3.63) is 34.6 Å². The van der Waals surface area contributed by atoms with Gasteiger partial charge in [-0.05, 0) is 12.1 Å². The highest BCUT2D eigenvalue weighted by Crippen LogP contribution is 2.18. The van der Waals surface area contributed by atoms with Crippen molar-refractivity contribution in [2.75, 3.05) is 33.4 Å². The van der Waals surface area contributed by atoms with Crippen molar-refractivity contribution < 1.29 is 13.9 Å². The van der Waals surface area contributed by atoms with Gasteiger partial charge in [0.15, 0.2) is 0 Å². The molecule has 1 aromatic carbocycles. The smallest absolute Gasteiger partial charge is 0.255 e. The molecule has 0 saturated carbocycles. The van der Waals surface area contributed by atoms with E-state index >= 15 is 0 Å². The maximum atomic E-state index is 13.4. The molecule has 0 aliphatic heterocycles. The number of amides is 1. The minimum Gasteiger partial charge on any atom is -0.383 e. The van der Waals surface area contributed by atoms with Crippen LogP contribution >= 0.6 is 11.6 Å². The van der Waals surface area contributed by atoms with Gasteiger partial charge in [0.1, 0.15) is 5.82 Å². The van der Waals surface area contributed by atoms with Crippen molar-refractivity contribution in [2.24, 2.45) is 0 Å². The second kappa shape index (κ2) is 8.02. The van der Waals surface area contributed by atoms with Crippen molar-refractivity contribution in [2.45, 2.75) is 0 Å². The third-order valence-corrected chi connectivity index (χ3v) is 2.58. The number of halogens is 2. The minimum atomic E-state index is -0.618. The van der Waals surface area contributed by atoms with E-state index in [1.807, 2.05) is 0 Å². The van der Waals surface area contributed by atoms with Gasteiger partial charge in [-0.15, -0.1) is 0 Å². The fourth-order valence-corrected chi connectivity index (χ4v) is 1.62. The lowest BCUT2D eigenvalue weighted by molar-refractivity contribution is 0.0950. The van der Waals surface area contributed by atoms with E-state index in [1.54, 1.807) is 7.11 Å². The highest BCUT2D eigenvalue weighted by atomic mass is 35.5. The Balaban J connectivity index is 2.37. The Morgan fingerprint density at radius 1 is 1.39 bits per heavy atom. The summed E-state index contributed by atoms with van der Waals surface area (Å²) in [5.41, 5.74) is -0.115. The topological polar surface area (TPSA) is 50.4 Å². The second-order valence-electron chi connectivity index (χ2n) is 3.60. The van der Waals surface area contributed by atoms with E-state index < -0.39 is 11.7 Å². The van der Waals surface area contributed by atoms with Crippen LogP contribution < -0.4 is 10.6 Å². The number of carbonyl (C=O) groups excluding carboxylic acids is 1. The second-order valence-corrected chi connectivity index (χ2v) is 4.00. The quantitative estimate of drug-likeness (QED) is 0.740. The van der Waals surface area contributed by atoms with Crippen LogP contribution in [0.1, 0.15) is 10.4 Å². The molecule has 0 atom stereocenters. The molecule has 0 aliphatic rings. The van der Waals surface area contributed by atoms with Crippen molar-refractivity contribution in [3.63, 3.8) is 0 Å². The predicted octanol–water partition coefficient (Wildman–Crippen LogP) is 1.44. The van der Waals surface area contributed by atoms with E-state index in [9.17, 15) is 9.18 Å². The van der Waals surface area contributed by atoms with Crippen LogP contribution in [0.4, 0.5) is 4.39 Å². The van der Waals surface area contributed by atoms with Gasteiger partial charge >= 0.3 is 0 Å². The Hall–Kier alpha value is -1.17. The van der Waals surface area contributed by atoms with E-state index in [4.69, 9.17) is 16.3 Å². The summed E-state index contributed by atoms with van der Waals surface area (Å²) in [6.45, 7) is 2.29. The average Bonchev–Trinajstić information content (AvgIpc) is 2.33. The largest absolute Gasteiger partial charge is 0.383 e. The molecule has 18 heavy (non-hydrogen) atoms. The number of nitrogens with one attached hydrogen (secondary N) is 2. The van der Waals surface area contributed by atoms with Crippen molar-refractivity contribution in [1.29, 1.82) is 0 Å². The fourth-order valence-electron chi connectivity index (χ4n) is 1.37. The molecule has 0 radical (unpaired) electrons. The molecule has 0 fully saturated rings. The van der Waals surface area contributed by atoms with Crippen LogP contribution in [0.15, 0.2) is 18.2 Å². The number of carbonyl (C=O) groups is 1. The highest BCUT2D eigenvalue weighted by Gasteiger charge is 2.14. The van der Waals surface area contributed by atoms with Gasteiger partial charge in [0.05, 0.1) is 17.2 Å². The van der Waals surface area contributed by atoms with Gasteiger partial charge in [0.2, 0.25) is 0 Å². The first kappa shape index (κ1) is 14.9. The SMILES string of the molecule is COCCNCCNC(=O)c1c(F)cccc1Cl. The molecule has 2 N–H and O–H groups in total. The Morgan fingerprint density at radius 3 is 2.83 bits per heavy atom. The first-order valence-electron chi connectivity index (χ1n) is 5.58. The van der Waals surface area contributed by atoms with E-state index in [1.165, 1.54) is 18.2 Å². The summed E-state index contributed by atoms with van der Waals surface area (Å²) >= 11 is 5.77. The zero-order valence-corrected chi connectivity index (χ0v) is 10.9. The predicted molar refractivity (Wildman–Crippen MR) is 68.5 cm³/mol. The molecule has 0 bridgehead atoms. The van der Waals surface area contributed by atoms with Gasteiger partial charge in [0, 0.05) is 26.7 Å². The molecule has 0 aliphatic carbocycles. The lowest BCUT2D eigenvalue weighted by atomic mass is 10.2. The van der Waals surface area contributed by atoms with Crippen LogP contribution in [-0.2, 0) is 4.74 Å². The van der Waals surface area contributed by atoms with Gasteiger partial charge in [0.25, 0.3) is 5.91 Å². The van der Waals surface area contributed by atoms with Crippen LogP contribution in [0.2, 0.25) is 5.02 Å². The third-order valence-electron chi connectivity index (χ3n) is 2.26. The van der Waals surface area contributed by atoms with E-state index in [-0.39, 0.29) is 10.6 Å². The standard InChI is InChI=1S/C12H16ClFN2O2/c1-18-8-7-15-5-6-16-12(17)11-9(13)3-2-4-10(11)14/h2-4,15H,5-8H2,1H3,(H,16,17). The van der Waals surface area contributed by atoms with Crippen molar-refractivity contribution >= 4 is 17.5 Å². The Morgan fingerprint density at radius 2 is 2.17 bits per heavy atom. The number of hydrogen-bond acceptors (Lipinski definition) is 3. The molecule has 0 heterocycles. The molecule has 0 unspecified atom stereocenters. The Kier molecular flexibility index (Phi) is 6.64. The molecule has 0 saturated heterocycles. The van der Waals surface area contributed by atoms with Crippen molar-refractivity contribution in [3.8, 4) is 0 Å². The molecule has 1 aromatic rings. The first-order chi connectivity index (χ1) is 8.66. The molecule has 6 heteroatoms. The molecular formula is C12H16ClFN2O2. The normalized spacial score (nSPS) is 10.4. The third kappa shape index (κ3) is 4.60. The Bertz CT molecular complexity index is 381. The molecular weight excluding hydrogens is 259 g/mol. The van der Waals surface area contributed by atoms with Crippen LogP contribution in [0.5, 0.6) is 0 Å². The Labute approximate surface area is 110 Å². The first-order valence-corrected chi connectivity index (χ1v) is 5.96. The number of methoxy groups -OCH3 is 1. The molecule has 1 rings (SSSR count). The molecule has 100 valence electrons. The summed E-state index contributed by atoms with van der Waals surface area (Å²) in [5.74, 6) is -1.13. The number of benzene rings is 1. The highest BCUT2D eigenvalue weighted by molar-refractivity contribution is 6.33. The summed E-state index contributed by atoms with van der Waals surface area (Å²) in [7, 11) is 1.61. The maximum absolute atomic E-state index is 13.4. The van der Waals surface area contributed by atoms with Crippen LogP contribution in [0.25, 0.3) is 0 Å². The van der Waals surface area contributed by atoms with Gasteiger partial charge in [-0.2, -0.15) is 0 Å². The number of rotatable bonds is 7. The number of hydrogen-bond donors (Lipinski definition) is 2. The lowest BCUT2D eigenvalue weighted by Gasteiger charge is -2.08. The fraction of sp³-hybridized carbons (Fsp3) is 0.417. The van der Waals surface area contributed by atoms with Crippen LogP contribution in [0, 0.1) is 5.82 Å². The number of ether oxygens (including phenoxy) is 1. The van der Waals surface area contributed by atoms with E-state index in [0.29, 0.717) is 26.2 Å². The molecule has 4 nitrogen and oxygen atoms in total. The van der Waals surface area contributed by atoms with Gasteiger partial charge in [-0.1, -0.05) is 17.7 Å². The van der Waals surface area contributed by atoms with E-state index in [0.717, 1.165) is 0 Å². The van der Waals surface area contributed by atoms with Gasteiger partial charge in [-0.3, -0.25) is 4.79 Å². The summed E-state index contributed by atoms with van der Waals surface area (Å²) in [4.78, 5) is 11.7. The zero-order chi connectivity index (χ0) is 13.4. The minimum absolute atomic E-state index is 0.111. The van der Waals surface area contributed by atoms with Gasteiger partial charge in [-0.25, -0.2) is 4.39 Å².